The second-order valence-corrected chi connectivity index (χ2v) is 4.39. The van der Waals surface area contributed by atoms with Crippen molar-refractivity contribution < 1.29 is 14.3 Å². The number of hydrogen-bond acceptors (Lipinski definition) is 5. The minimum absolute atomic E-state index is 0.0843. The summed E-state index contributed by atoms with van der Waals surface area (Å²) in [4.78, 5) is 23.0. The average Bonchev–Trinajstić information content (AvgIpc) is 2.83. The lowest BCUT2D eigenvalue weighted by atomic mass is 10.2. The fraction of sp³-hybridized carbons (Fsp3) is 0.636. The van der Waals surface area contributed by atoms with Crippen molar-refractivity contribution in [1.29, 1.82) is 0 Å². The van der Waals surface area contributed by atoms with Crippen molar-refractivity contribution in [2.75, 3.05) is 13.7 Å². The number of hydrogen-bond donors (Lipinski definition) is 1. The number of esters is 1. The van der Waals surface area contributed by atoms with Gasteiger partial charge in [0.2, 0.25) is 5.91 Å². The molecule has 1 heterocycles. The molecule has 0 aliphatic carbocycles. The maximum absolute atomic E-state index is 11.8. The lowest BCUT2D eigenvalue weighted by Crippen LogP contribution is -2.33. The first-order valence-corrected chi connectivity index (χ1v) is 5.73. The number of nitrogens with zero attached hydrogens (tertiary/aromatic N) is 3. The normalized spacial score (nSPS) is 12.3. The van der Waals surface area contributed by atoms with Crippen molar-refractivity contribution in [2.45, 2.75) is 26.8 Å². The van der Waals surface area contributed by atoms with Crippen molar-refractivity contribution >= 4 is 11.9 Å². The summed E-state index contributed by atoms with van der Waals surface area (Å²) >= 11 is 0. The largest absolute Gasteiger partial charge is 0.464 e. The Balaban J connectivity index is 2.66. The van der Waals surface area contributed by atoms with Gasteiger partial charge in [-0.1, -0.05) is 19.1 Å². The molecule has 0 spiro atoms. The fourth-order valence-electron chi connectivity index (χ4n) is 1.24. The summed E-state index contributed by atoms with van der Waals surface area (Å²) in [6, 6.07) is -0.519. The molecule has 0 aliphatic heterocycles. The lowest BCUT2D eigenvalue weighted by molar-refractivity contribution is -0.124. The quantitative estimate of drug-likeness (QED) is 0.768. The third kappa shape index (κ3) is 3.54. The molecule has 1 aromatic heterocycles. The molecule has 0 fully saturated rings. The van der Waals surface area contributed by atoms with Crippen LogP contribution in [0.4, 0.5) is 0 Å². The van der Waals surface area contributed by atoms with Crippen LogP contribution in [0.5, 0.6) is 0 Å². The van der Waals surface area contributed by atoms with Crippen LogP contribution in [-0.2, 0) is 9.53 Å². The number of carbonyl (C=O) groups excluding carboxylic acids is 2. The Hall–Kier alpha value is -1.92. The Bertz CT molecular complexity index is 428. The molecule has 0 radical (unpaired) electrons. The second-order valence-electron chi connectivity index (χ2n) is 4.39. The fourth-order valence-corrected chi connectivity index (χ4v) is 1.24. The Morgan fingerprint density at radius 2 is 2.11 bits per heavy atom. The van der Waals surface area contributed by atoms with Gasteiger partial charge < -0.3 is 10.1 Å². The molecule has 1 amide bonds. The van der Waals surface area contributed by atoms with Crippen LogP contribution in [0.1, 0.15) is 37.3 Å². The predicted molar refractivity (Wildman–Crippen MR) is 63.9 cm³/mol. The van der Waals surface area contributed by atoms with Gasteiger partial charge in [0.25, 0.3) is 0 Å². The van der Waals surface area contributed by atoms with E-state index in [-0.39, 0.29) is 11.6 Å². The SMILES string of the molecule is COC(=O)c1cn(C(C)C(=O)NCC(C)C)nn1. The first-order chi connectivity index (χ1) is 8.45. The minimum Gasteiger partial charge on any atom is -0.464 e. The summed E-state index contributed by atoms with van der Waals surface area (Å²) in [5.74, 6) is -0.358. The summed E-state index contributed by atoms with van der Waals surface area (Å²) in [6.45, 7) is 6.30. The van der Waals surface area contributed by atoms with Gasteiger partial charge in [0.05, 0.1) is 13.3 Å². The van der Waals surface area contributed by atoms with E-state index in [0.717, 1.165) is 0 Å². The van der Waals surface area contributed by atoms with E-state index in [2.05, 4.69) is 20.4 Å². The van der Waals surface area contributed by atoms with Gasteiger partial charge in [-0.3, -0.25) is 4.79 Å². The number of carbonyl (C=O) groups is 2. The number of methoxy groups -OCH3 is 1. The molecular weight excluding hydrogens is 236 g/mol. The maximum Gasteiger partial charge on any atom is 0.360 e. The summed E-state index contributed by atoms with van der Waals surface area (Å²) in [5.41, 5.74) is 0.0843. The average molecular weight is 254 g/mol. The summed E-state index contributed by atoms with van der Waals surface area (Å²) < 4.78 is 5.85. The molecule has 1 N–H and O–H groups in total. The van der Waals surface area contributed by atoms with E-state index in [1.165, 1.54) is 18.0 Å². The van der Waals surface area contributed by atoms with Gasteiger partial charge in [-0.15, -0.1) is 5.10 Å². The molecule has 1 aromatic rings. The Morgan fingerprint density at radius 1 is 1.44 bits per heavy atom. The van der Waals surface area contributed by atoms with Crippen LogP contribution in [0, 0.1) is 5.92 Å². The highest BCUT2D eigenvalue weighted by Crippen LogP contribution is 2.05. The smallest absolute Gasteiger partial charge is 0.360 e. The van der Waals surface area contributed by atoms with Gasteiger partial charge >= 0.3 is 5.97 Å². The molecule has 1 atom stereocenters. The number of amides is 1. The maximum atomic E-state index is 11.8. The minimum atomic E-state index is -0.573. The monoisotopic (exact) mass is 254 g/mol. The van der Waals surface area contributed by atoms with Crippen LogP contribution >= 0.6 is 0 Å². The number of rotatable bonds is 5. The molecule has 0 saturated carbocycles. The zero-order valence-corrected chi connectivity index (χ0v) is 11.0. The zero-order chi connectivity index (χ0) is 13.7. The van der Waals surface area contributed by atoms with E-state index in [1.54, 1.807) is 6.92 Å². The molecule has 100 valence electrons. The molecular formula is C11H18N4O3. The number of aromatic nitrogens is 3. The van der Waals surface area contributed by atoms with Gasteiger partial charge in [-0.25, -0.2) is 9.48 Å². The first-order valence-electron chi connectivity index (χ1n) is 5.73. The van der Waals surface area contributed by atoms with E-state index in [4.69, 9.17) is 0 Å². The van der Waals surface area contributed by atoms with E-state index in [1.807, 2.05) is 13.8 Å². The lowest BCUT2D eigenvalue weighted by Gasteiger charge is -2.13. The first kappa shape index (κ1) is 14.1. The van der Waals surface area contributed by atoms with E-state index < -0.39 is 12.0 Å². The van der Waals surface area contributed by atoms with Crippen molar-refractivity contribution in [2.24, 2.45) is 5.92 Å². The number of nitrogens with one attached hydrogen (secondary N) is 1. The van der Waals surface area contributed by atoms with Gasteiger partial charge in [0.1, 0.15) is 6.04 Å². The van der Waals surface area contributed by atoms with Gasteiger partial charge in [0.15, 0.2) is 5.69 Å². The Kier molecular flexibility index (Phi) is 4.82. The third-order valence-corrected chi connectivity index (χ3v) is 2.37. The van der Waals surface area contributed by atoms with Crippen molar-refractivity contribution in [3.63, 3.8) is 0 Å². The number of ether oxygens (including phenoxy) is 1. The van der Waals surface area contributed by atoms with Crippen LogP contribution in [0.2, 0.25) is 0 Å². The van der Waals surface area contributed by atoms with Crippen molar-refractivity contribution in [3.05, 3.63) is 11.9 Å². The van der Waals surface area contributed by atoms with Crippen LogP contribution in [0.3, 0.4) is 0 Å². The highest BCUT2D eigenvalue weighted by molar-refractivity contribution is 5.86. The molecule has 0 aliphatic rings. The highest BCUT2D eigenvalue weighted by atomic mass is 16.5. The van der Waals surface area contributed by atoms with Crippen LogP contribution < -0.4 is 5.32 Å². The standard InChI is InChI=1S/C11H18N4O3/c1-7(2)5-12-10(16)8(3)15-6-9(13-14-15)11(17)18-4/h6-8H,5H2,1-4H3,(H,12,16). The van der Waals surface area contributed by atoms with E-state index in [0.29, 0.717) is 12.5 Å². The molecule has 0 aromatic carbocycles. The van der Waals surface area contributed by atoms with Gasteiger partial charge in [-0.2, -0.15) is 0 Å². The molecule has 7 nitrogen and oxygen atoms in total. The summed E-state index contributed by atoms with van der Waals surface area (Å²) in [6.07, 6.45) is 1.39. The molecule has 0 bridgehead atoms. The molecule has 0 saturated heterocycles. The summed E-state index contributed by atoms with van der Waals surface area (Å²) in [7, 11) is 1.26. The van der Waals surface area contributed by atoms with Gasteiger partial charge in [-0.05, 0) is 12.8 Å². The topological polar surface area (TPSA) is 86.1 Å². The second kappa shape index (κ2) is 6.13. The van der Waals surface area contributed by atoms with Crippen LogP contribution in [0.15, 0.2) is 6.20 Å². The van der Waals surface area contributed by atoms with E-state index >= 15 is 0 Å². The molecule has 1 unspecified atom stereocenters. The molecule has 18 heavy (non-hydrogen) atoms. The Labute approximate surface area is 105 Å². The van der Waals surface area contributed by atoms with E-state index in [9.17, 15) is 9.59 Å². The molecule has 1 rings (SSSR count). The third-order valence-electron chi connectivity index (χ3n) is 2.37. The van der Waals surface area contributed by atoms with Crippen molar-refractivity contribution in [1.82, 2.24) is 20.3 Å². The van der Waals surface area contributed by atoms with Crippen LogP contribution in [-0.4, -0.2) is 40.5 Å². The van der Waals surface area contributed by atoms with Crippen molar-refractivity contribution in [3.8, 4) is 0 Å². The molecule has 7 heteroatoms. The summed E-state index contributed by atoms with van der Waals surface area (Å²) in [5, 5.41) is 10.2. The van der Waals surface area contributed by atoms with Crippen LogP contribution in [0.25, 0.3) is 0 Å². The van der Waals surface area contributed by atoms with Gasteiger partial charge in [0, 0.05) is 6.54 Å². The Morgan fingerprint density at radius 3 is 2.67 bits per heavy atom. The zero-order valence-electron chi connectivity index (χ0n) is 11.0. The highest BCUT2D eigenvalue weighted by Gasteiger charge is 2.19. The predicted octanol–water partition coefficient (Wildman–Crippen LogP) is 0.398.